The summed E-state index contributed by atoms with van der Waals surface area (Å²) >= 11 is 0. The molecule has 1 aliphatic rings. The molecule has 1 fully saturated rings. The van der Waals surface area contributed by atoms with E-state index >= 15 is 0 Å². The number of rotatable bonds is 5. The maximum Gasteiger partial charge on any atom is 0.319 e. The van der Waals surface area contributed by atoms with Gasteiger partial charge in [-0.1, -0.05) is 13.0 Å². The van der Waals surface area contributed by atoms with Gasteiger partial charge in [0.05, 0.1) is 12.9 Å². The van der Waals surface area contributed by atoms with Crippen molar-refractivity contribution in [1.29, 1.82) is 0 Å². The number of hydrogen-bond donors (Lipinski definition) is 3. The third-order valence-electron chi connectivity index (χ3n) is 4.63. The third-order valence-corrected chi connectivity index (χ3v) is 4.63. The fraction of sp³-hybridized carbons (Fsp3) is 0.421. The van der Waals surface area contributed by atoms with Gasteiger partial charge in [0.25, 0.3) is 0 Å². The molecule has 3 N–H and O–H groups in total. The number of amides is 2. The Hall–Kier alpha value is -2.47. The minimum absolute atomic E-state index is 0.229. The number of nitrogens with one attached hydrogen (secondary N) is 2. The first-order valence-corrected chi connectivity index (χ1v) is 8.72. The fourth-order valence-corrected chi connectivity index (χ4v) is 3.07. The summed E-state index contributed by atoms with van der Waals surface area (Å²) in [4.78, 5) is 14.6. The van der Waals surface area contributed by atoms with Crippen molar-refractivity contribution < 1.29 is 14.3 Å². The molecule has 134 valence electrons. The van der Waals surface area contributed by atoms with Crippen molar-refractivity contribution >= 4 is 17.4 Å². The first-order valence-electron chi connectivity index (χ1n) is 8.72. The number of anilines is 2. The zero-order chi connectivity index (χ0) is 17.6. The van der Waals surface area contributed by atoms with E-state index in [9.17, 15) is 9.90 Å². The van der Waals surface area contributed by atoms with E-state index in [-0.39, 0.29) is 12.6 Å². The molecule has 6 nitrogen and oxygen atoms in total. The van der Waals surface area contributed by atoms with Crippen LogP contribution in [0.1, 0.15) is 31.6 Å². The van der Waals surface area contributed by atoms with Crippen molar-refractivity contribution in [3.8, 4) is 0 Å². The fourth-order valence-electron chi connectivity index (χ4n) is 3.07. The second kappa shape index (κ2) is 8.07. The molecule has 1 aliphatic heterocycles. The number of piperidine rings is 1. The maximum absolute atomic E-state index is 12.2. The van der Waals surface area contributed by atoms with Crippen LogP contribution < -0.4 is 15.5 Å². The predicted octanol–water partition coefficient (Wildman–Crippen LogP) is 3.37. The predicted molar refractivity (Wildman–Crippen MR) is 97.7 cm³/mol. The maximum atomic E-state index is 12.2. The molecule has 3 rings (SSSR count). The van der Waals surface area contributed by atoms with Crippen LogP contribution in [0.5, 0.6) is 0 Å². The molecule has 1 aromatic heterocycles. The molecule has 0 saturated carbocycles. The highest BCUT2D eigenvalue weighted by molar-refractivity contribution is 5.90. The summed E-state index contributed by atoms with van der Waals surface area (Å²) in [7, 11) is 0. The van der Waals surface area contributed by atoms with Crippen LogP contribution in [0, 0.1) is 5.92 Å². The van der Waals surface area contributed by atoms with Gasteiger partial charge in [-0.3, -0.25) is 0 Å². The van der Waals surface area contributed by atoms with E-state index in [0.717, 1.165) is 30.4 Å². The minimum atomic E-state index is -0.568. The van der Waals surface area contributed by atoms with E-state index in [0.29, 0.717) is 5.76 Å². The van der Waals surface area contributed by atoms with Crippen LogP contribution in [-0.2, 0) is 0 Å². The largest absolute Gasteiger partial charge is 0.467 e. The lowest BCUT2D eigenvalue weighted by Gasteiger charge is -2.32. The van der Waals surface area contributed by atoms with Crippen molar-refractivity contribution in [2.24, 2.45) is 5.92 Å². The van der Waals surface area contributed by atoms with Crippen LogP contribution in [0.2, 0.25) is 0 Å². The van der Waals surface area contributed by atoms with Gasteiger partial charge in [0.2, 0.25) is 0 Å². The van der Waals surface area contributed by atoms with Crippen LogP contribution in [0.4, 0.5) is 16.2 Å². The second-order valence-corrected chi connectivity index (χ2v) is 6.57. The highest BCUT2D eigenvalue weighted by Crippen LogP contribution is 2.25. The number of hydrogen-bond acceptors (Lipinski definition) is 4. The Kier molecular flexibility index (Phi) is 5.60. The Morgan fingerprint density at radius 1 is 1.32 bits per heavy atom. The quantitative estimate of drug-likeness (QED) is 0.778. The summed E-state index contributed by atoms with van der Waals surface area (Å²) in [5, 5.41) is 15.0. The van der Waals surface area contributed by atoms with Gasteiger partial charge in [-0.05, 0) is 49.1 Å². The Balaban J connectivity index is 1.60. The van der Waals surface area contributed by atoms with Crippen molar-refractivity contribution in [3.63, 3.8) is 0 Å². The number of nitrogens with zero attached hydrogens (tertiary/aromatic N) is 1. The number of aliphatic hydroxyl groups excluding tert-OH is 1. The van der Waals surface area contributed by atoms with Crippen molar-refractivity contribution in [2.75, 3.05) is 29.9 Å². The van der Waals surface area contributed by atoms with E-state index in [1.54, 1.807) is 12.1 Å². The van der Waals surface area contributed by atoms with Crippen molar-refractivity contribution in [2.45, 2.75) is 25.8 Å². The standard InChI is InChI=1S/C19H25N3O3/c1-14-7-9-22(10-8-14)16-5-2-4-15(12-16)20-19(24)21-17(13-23)18-6-3-11-25-18/h2-6,11-12,14,17,23H,7-10,13H2,1H3,(H2,20,21,24). The molecule has 0 radical (unpaired) electrons. The molecule has 1 unspecified atom stereocenters. The Morgan fingerprint density at radius 2 is 2.12 bits per heavy atom. The van der Waals surface area contributed by atoms with E-state index in [2.05, 4.69) is 28.5 Å². The van der Waals surface area contributed by atoms with Crippen molar-refractivity contribution in [3.05, 3.63) is 48.4 Å². The van der Waals surface area contributed by atoms with E-state index in [1.807, 2.05) is 18.2 Å². The lowest BCUT2D eigenvalue weighted by molar-refractivity contribution is 0.215. The molecule has 2 heterocycles. The van der Waals surface area contributed by atoms with Crippen LogP contribution in [0.15, 0.2) is 47.1 Å². The zero-order valence-corrected chi connectivity index (χ0v) is 14.4. The van der Waals surface area contributed by atoms with Gasteiger partial charge in [0, 0.05) is 24.5 Å². The molecule has 0 spiro atoms. The summed E-state index contributed by atoms with van der Waals surface area (Å²) < 4.78 is 5.24. The van der Waals surface area contributed by atoms with E-state index in [4.69, 9.17) is 4.42 Å². The highest BCUT2D eigenvalue weighted by Gasteiger charge is 2.18. The molecule has 6 heteroatoms. The monoisotopic (exact) mass is 343 g/mol. The van der Waals surface area contributed by atoms with Gasteiger partial charge in [-0.15, -0.1) is 0 Å². The summed E-state index contributed by atoms with van der Waals surface area (Å²) in [6, 6.07) is 10.4. The lowest BCUT2D eigenvalue weighted by Crippen LogP contribution is -2.34. The topological polar surface area (TPSA) is 77.7 Å². The van der Waals surface area contributed by atoms with E-state index in [1.165, 1.54) is 19.1 Å². The first kappa shape index (κ1) is 17.4. The summed E-state index contributed by atoms with van der Waals surface area (Å²) in [5.74, 6) is 1.30. The van der Waals surface area contributed by atoms with Gasteiger partial charge in [-0.2, -0.15) is 0 Å². The number of urea groups is 1. The average Bonchev–Trinajstić information content (AvgIpc) is 3.15. The molecule has 0 aliphatic carbocycles. The molecule has 2 aromatic rings. The molecule has 2 amide bonds. The normalized spacial score (nSPS) is 16.5. The number of carbonyl (C=O) groups excluding carboxylic acids is 1. The van der Waals surface area contributed by atoms with Crippen LogP contribution in [-0.4, -0.2) is 30.8 Å². The highest BCUT2D eigenvalue weighted by atomic mass is 16.3. The molecular formula is C19H25N3O3. The smallest absolute Gasteiger partial charge is 0.319 e. The number of carbonyl (C=O) groups is 1. The molecule has 0 bridgehead atoms. The summed E-state index contributed by atoms with van der Waals surface area (Å²) in [6.07, 6.45) is 3.90. The SMILES string of the molecule is CC1CCN(c2cccc(NC(=O)NC(CO)c3ccco3)c2)CC1. The Bertz CT molecular complexity index is 679. The number of aliphatic hydroxyl groups is 1. The molecule has 25 heavy (non-hydrogen) atoms. The Morgan fingerprint density at radius 3 is 2.80 bits per heavy atom. The molecule has 1 atom stereocenters. The second-order valence-electron chi connectivity index (χ2n) is 6.57. The Labute approximate surface area is 147 Å². The summed E-state index contributed by atoms with van der Waals surface area (Å²) in [5.41, 5.74) is 1.85. The number of furan rings is 1. The van der Waals surface area contributed by atoms with Gasteiger partial charge in [0.1, 0.15) is 11.8 Å². The van der Waals surface area contributed by atoms with Gasteiger partial charge < -0.3 is 25.1 Å². The number of benzene rings is 1. The summed E-state index contributed by atoms with van der Waals surface area (Å²) in [6.45, 7) is 4.15. The van der Waals surface area contributed by atoms with Gasteiger partial charge in [0.15, 0.2) is 0 Å². The average molecular weight is 343 g/mol. The molecule has 1 aromatic carbocycles. The van der Waals surface area contributed by atoms with Gasteiger partial charge in [-0.25, -0.2) is 4.79 Å². The van der Waals surface area contributed by atoms with Crippen LogP contribution >= 0.6 is 0 Å². The third kappa shape index (κ3) is 4.54. The van der Waals surface area contributed by atoms with Crippen LogP contribution in [0.25, 0.3) is 0 Å². The van der Waals surface area contributed by atoms with E-state index < -0.39 is 6.04 Å². The molecule has 1 saturated heterocycles. The lowest BCUT2D eigenvalue weighted by atomic mass is 9.99. The van der Waals surface area contributed by atoms with Gasteiger partial charge >= 0.3 is 6.03 Å². The van der Waals surface area contributed by atoms with Crippen LogP contribution in [0.3, 0.4) is 0 Å². The molecular weight excluding hydrogens is 318 g/mol. The first-order chi connectivity index (χ1) is 12.2. The van der Waals surface area contributed by atoms with Crippen molar-refractivity contribution in [1.82, 2.24) is 5.32 Å². The zero-order valence-electron chi connectivity index (χ0n) is 14.4. The minimum Gasteiger partial charge on any atom is -0.467 e.